The van der Waals surface area contributed by atoms with Crippen LogP contribution in [0, 0.1) is 4.77 Å². The van der Waals surface area contributed by atoms with E-state index in [1.165, 1.54) is 0 Å². The standard InChI is InChI=1S/C6H8N3OPS/c10-5-1-3-4(2-7-5)9(11)6(12)8-3/h1-2,11H2,(H,7,10)(H,8,12). The second-order valence-corrected chi connectivity index (χ2v) is 3.58. The Bertz CT molecular complexity index is 394. The average Bonchev–Trinajstić information content (AvgIpc) is 2.28. The molecule has 1 aromatic heterocycles. The molecule has 2 heterocycles. The van der Waals surface area contributed by atoms with Crippen molar-refractivity contribution < 1.29 is 4.79 Å². The minimum Gasteiger partial charge on any atom is -0.350 e. The largest absolute Gasteiger partial charge is 0.350 e. The Kier molecular flexibility index (Phi) is 1.77. The molecule has 0 saturated carbocycles. The van der Waals surface area contributed by atoms with E-state index in [-0.39, 0.29) is 5.91 Å². The molecule has 1 amide bonds. The van der Waals surface area contributed by atoms with Gasteiger partial charge in [0, 0.05) is 5.69 Å². The highest BCUT2D eigenvalue weighted by Gasteiger charge is 2.18. The first-order valence-corrected chi connectivity index (χ1v) is 4.45. The number of carbonyl (C=O) groups is 1. The normalized spacial score (nSPS) is 15.6. The van der Waals surface area contributed by atoms with Crippen molar-refractivity contribution in [2.75, 3.05) is 0 Å². The monoisotopic (exact) mass is 201 g/mol. The first kappa shape index (κ1) is 7.95. The average molecular weight is 201 g/mol. The highest BCUT2D eigenvalue weighted by molar-refractivity contribution is 7.71. The lowest BCUT2D eigenvalue weighted by Gasteiger charge is -2.12. The predicted octanol–water partition coefficient (Wildman–Crippen LogP) is 0.356. The molecule has 12 heavy (non-hydrogen) atoms. The Balaban J connectivity index is 2.56. The third-order valence-electron chi connectivity index (χ3n) is 1.91. The lowest BCUT2D eigenvalue weighted by atomic mass is 10.2. The number of hydrogen-bond acceptors (Lipinski definition) is 2. The number of rotatable bonds is 0. The number of carbonyl (C=O) groups excluding carboxylic acids is 1. The summed E-state index contributed by atoms with van der Waals surface area (Å²) in [6.07, 6.45) is 0.403. The van der Waals surface area contributed by atoms with Gasteiger partial charge in [0.25, 0.3) is 0 Å². The van der Waals surface area contributed by atoms with Crippen LogP contribution in [0.1, 0.15) is 11.4 Å². The van der Waals surface area contributed by atoms with E-state index in [2.05, 4.69) is 19.7 Å². The Labute approximate surface area is 76.6 Å². The van der Waals surface area contributed by atoms with E-state index in [1.54, 1.807) is 0 Å². The molecule has 0 bridgehead atoms. The molecule has 0 saturated heterocycles. The number of hydrogen-bond donors (Lipinski definition) is 2. The van der Waals surface area contributed by atoms with Gasteiger partial charge in [-0.2, -0.15) is 0 Å². The number of nitrogens with zero attached hydrogens (tertiary/aromatic N) is 1. The molecule has 1 atom stereocenters. The highest BCUT2D eigenvalue weighted by atomic mass is 32.1. The van der Waals surface area contributed by atoms with Gasteiger partial charge in [-0.15, -0.1) is 0 Å². The van der Waals surface area contributed by atoms with Crippen molar-refractivity contribution >= 4 is 27.5 Å². The van der Waals surface area contributed by atoms with Gasteiger partial charge in [0.1, 0.15) is 0 Å². The molecule has 1 aliphatic rings. The highest BCUT2D eigenvalue weighted by Crippen LogP contribution is 2.15. The first-order valence-electron chi connectivity index (χ1n) is 3.53. The number of H-pyrrole nitrogens is 1. The van der Waals surface area contributed by atoms with E-state index in [4.69, 9.17) is 12.2 Å². The number of imidazole rings is 1. The van der Waals surface area contributed by atoms with Crippen LogP contribution < -0.4 is 5.32 Å². The Morgan fingerprint density at radius 3 is 3.08 bits per heavy atom. The van der Waals surface area contributed by atoms with Crippen LogP contribution in [0.4, 0.5) is 0 Å². The zero-order chi connectivity index (χ0) is 8.72. The molecule has 0 aliphatic carbocycles. The molecule has 1 aromatic rings. The van der Waals surface area contributed by atoms with E-state index >= 15 is 0 Å². The zero-order valence-electron chi connectivity index (χ0n) is 6.26. The van der Waals surface area contributed by atoms with Crippen molar-refractivity contribution in [2.24, 2.45) is 0 Å². The van der Waals surface area contributed by atoms with Gasteiger partial charge in [-0.25, -0.2) is 0 Å². The third kappa shape index (κ3) is 1.09. The SMILES string of the molecule is O=C1Cc2[nH]c(=S)n(P)c2CN1. The van der Waals surface area contributed by atoms with Gasteiger partial charge in [0.2, 0.25) is 5.91 Å². The van der Waals surface area contributed by atoms with Gasteiger partial charge in [0.05, 0.1) is 18.7 Å². The molecule has 6 heteroatoms. The van der Waals surface area contributed by atoms with Crippen LogP contribution in [0.25, 0.3) is 0 Å². The number of aromatic nitrogens is 2. The Hall–Kier alpha value is -0.670. The fourth-order valence-corrected chi connectivity index (χ4v) is 1.82. The van der Waals surface area contributed by atoms with Crippen molar-refractivity contribution in [1.82, 2.24) is 14.6 Å². The zero-order valence-corrected chi connectivity index (χ0v) is 8.23. The second kappa shape index (κ2) is 2.68. The van der Waals surface area contributed by atoms with E-state index in [1.807, 2.05) is 4.34 Å². The van der Waals surface area contributed by atoms with Crippen molar-refractivity contribution in [2.45, 2.75) is 13.0 Å². The summed E-state index contributed by atoms with van der Waals surface area (Å²) < 4.78 is 2.45. The van der Waals surface area contributed by atoms with Crippen molar-refractivity contribution in [3.8, 4) is 0 Å². The van der Waals surface area contributed by atoms with E-state index in [0.717, 1.165) is 11.4 Å². The fourth-order valence-electron chi connectivity index (χ4n) is 1.27. The van der Waals surface area contributed by atoms with Gasteiger partial charge in [0.15, 0.2) is 4.77 Å². The number of nitrogens with one attached hydrogen (secondary N) is 2. The van der Waals surface area contributed by atoms with Crippen LogP contribution >= 0.6 is 21.6 Å². The molecule has 0 aromatic carbocycles. The molecule has 4 nitrogen and oxygen atoms in total. The maximum Gasteiger partial charge on any atom is 0.226 e. The summed E-state index contributed by atoms with van der Waals surface area (Å²) in [5.41, 5.74) is 1.98. The van der Waals surface area contributed by atoms with Crippen LogP contribution in [-0.2, 0) is 17.8 Å². The molecule has 2 rings (SSSR count). The minimum absolute atomic E-state index is 0.0457. The summed E-state index contributed by atoms with van der Waals surface area (Å²) in [5.74, 6) is 0.0457. The molecule has 0 fully saturated rings. The lowest BCUT2D eigenvalue weighted by Crippen LogP contribution is -2.30. The van der Waals surface area contributed by atoms with E-state index < -0.39 is 0 Å². The topological polar surface area (TPSA) is 49.8 Å². The van der Waals surface area contributed by atoms with Gasteiger partial charge in [-0.05, 0) is 21.6 Å². The number of aromatic amines is 1. The van der Waals surface area contributed by atoms with Crippen LogP contribution in [0.3, 0.4) is 0 Å². The summed E-state index contributed by atoms with van der Waals surface area (Å²) in [5, 5.41) is 2.75. The van der Waals surface area contributed by atoms with E-state index in [9.17, 15) is 4.79 Å². The molecule has 2 N–H and O–H groups in total. The molecule has 0 radical (unpaired) electrons. The van der Waals surface area contributed by atoms with Gasteiger partial charge in [-0.1, -0.05) is 0 Å². The fraction of sp³-hybridized carbons (Fsp3) is 0.333. The second-order valence-electron chi connectivity index (χ2n) is 2.68. The van der Waals surface area contributed by atoms with Crippen LogP contribution in [0.2, 0.25) is 0 Å². The first-order chi connectivity index (χ1) is 5.68. The number of fused-ring (bicyclic) bond motifs is 1. The summed E-state index contributed by atoms with van der Waals surface area (Å²) >= 11 is 5.01. The predicted molar refractivity (Wildman–Crippen MR) is 50.3 cm³/mol. The Morgan fingerprint density at radius 1 is 1.58 bits per heavy atom. The number of amides is 1. The summed E-state index contributed by atoms with van der Waals surface area (Å²) in [6, 6.07) is 0. The van der Waals surface area contributed by atoms with Gasteiger partial charge in [-0.3, -0.25) is 4.79 Å². The van der Waals surface area contributed by atoms with Crippen molar-refractivity contribution in [1.29, 1.82) is 0 Å². The molecule has 0 spiro atoms. The van der Waals surface area contributed by atoms with E-state index in [0.29, 0.717) is 17.7 Å². The lowest BCUT2D eigenvalue weighted by molar-refractivity contribution is -0.121. The van der Waals surface area contributed by atoms with Crippen LogP contribution in [-0.4, -0.2) is 15.2 Å². The molecular formula is C6H8N3OPS. The third-order valence-corrected chi connectivity index (χ3v) is 2.96. The van der Waals surface area contributed by atoms with Gasteiger partial charge >= 0.3 is 0 Å². The minimum atomic E-state index is 0.0457. The van der Waals surface area contributed by atoms with Gasteiger partial charge < -0.3 is 14.6 Å². The van der Waals surface area contributed by atoms with Crippen LogP contribution in [0.15, 0.2) is 0 Å². The molecule has 1 aliphatic heterocycles. The summed E-state index contributed by atoms with van der Waals surface area (Å²) in [7, 11) is 2.51. The van der Waals surface area contributed by atoms with Crippen molar-refractivity contribution in [3.63, 3.8) is 0 Å². The maximum absolute atomic E-state index is 11.0. The molecular weight excluding hydrogens is 193 g/mol. The smallest absolute Gasteiger partial charge is 0.226 e. The molecule has 1 unspecified atom stereocenters. The summed E-state index contributed by atoms with van der Waals surface area (Å²) in [4.78, 5) is 14.0. The van der Waals surface area contributed by atoms with Crippen molar-refractivity contribution in [3.05, 3.63) is 16.2 Å². The van der Waals surface area contributed by atoms with Crippen LogP contribution in [0.5, 0.6) is 0 Å². The Morgan fingerprint density at radius 2 is 2.33 bits per heavy atom. The maximum atomic E-state index is 11.0. The quantitative estimate of drug-likeness (QED) is 0.470. The molecule has 64 valence electrons. The summed E-state index contributed by atoms with van der Waals surface area (Å²) in [6.45, 7) is 0.560.